The summed E-state index contributed by atoms with van der Waals surface area (Å²) in [5.41, 5.74) is -0.838. The Morgan fingerprint density at radius 1 is 1.11 bits per heavy atom. The van der Waals surface area contributed by atoms with Gasteiger partial charge in [0.25, 0.3) is 10.1 Å². The third-order valence-corrected chi connectivity index (χ3v) is 5.32. The van der Waals surface area contributed by atoms with E-state index in [1.807, 2.05) is 6.07 Å². The Bertz CT molecular complexity index is 861. The van der Waals surface area contributed by atoms with Crippen LogP contribution in [0.1, 0.15) is 18.4 Å². The Morgan fingerprint density at radius 2 is 1.78 bits per heavy atom. The van der Waals surface area contributed by atoms with Gasteiger partial charge in [-0.25, -0.2) is 0 Å². The molecule has 0 aliphatic carbocycles. The third-order valence-electron chi connectivity index (χ3n) is 3.42. The Morgan fingerprint density at radius 3 is 2.37 bits per heavy atom. The molecule has 7 nitrogen and oxygen atoms in total. The molecule has 2 aromatic carbocycles. The van der Waals surface area contributed by atoms with Crippen LogP contribution in [0.3, 0.4) is 0 Å². The van der Waals surface area contributed by atoms with Crippen molar-refractivity contribution >= 4 is 81.4 Å². The van der Waals surface area contributed by atoms with E-state index in [0.29, 0.717) is 29.4 Å². The molecule has 0 aliphatic rings. The molecule has 0 bridgehead atoms. The zero-order valence-electron chi connectivity index (χ0n) is 13.5. The van der Waals surface area contributed by atoms with Crippen LogP contribution >= 0.6 is 19.9 Å². The van der Waals surface area contributed by atoms with Gasteiger partial charge in [0.05, 0.1) is 0 Å². The fourth-order valence-electron chi connectivity index (χ4n) is 2.26. The summed E-state index contributed by atoms with van der Waals surface area (Å²) in [5.74, 6) is 1.23. The van der Waals surface area contributed by atoms with Gasteiger partial charge in [-0.2, -0.15) is 8.42 Å². The SMILES string of the molecule is O=[PH](O)OC(CCCc1cccc(Oc2ccc(Cl)cc2)c1)S(=O)(=O)O.[KH]. The molecule has 0 radical (unpaired) electrons. The Labute approximate surface area is 206 Å². The van der Waals surface area contributed by atoms with Gasteiger partial charge >= 0.3 is 59.6 Å². The first kappa shape index (κ1) is 25.3. The Balaban J connectivity index is 0.00000364. The van der Waals surface area contributed by atoms with Crippen molar-refractivity contribution in [3.8, 4) is 11.5 Å². The summed E-state index contributed by atoms with van der Waals surface area (Å²) in [6.45, 7) is 0. The molecule has 0 spiro atoms. The summed E-state index contributed by atoms with van der Waals surface area (Å²) in [4.78, 5) is 8.72. The van der Waals surface area contributed by atoms with E-state index >= 15 is 0 Å². The fraction of sp³-hybridized carbons (Fsp3) is 0.250. The Kier molecular flexibility index (Phi) is 11.3. The summed E-state index contributed by atoms with van der Waals surface area (Å²) in [6.07, 6.45) is 0.682. The van der Waals surface area contributed by atoms with E-state index < -0.39 is 23.8 Å². The van der Waals surface area contributed by atoms with E-state index in [2.05, 4.69) is 4.52 Å². The first-order chi connectivity index (χ1) is 12.2. The monoisotopic (exact) mass is 460 g/mol. The molecule has 0 heterocycles. The van der Waals surface area contributed by atoms with E-state index in [1.54, 1.807) is 42.5 Å². The quantitative estimate of drug-likeness (QED) is 0.335. The molecule has 2 atom stereocenters. The number of rotatable bonds is 9. The first-order valence-electron chi connectivity index (χ1n) is 7.62. The van der Waals surface area contributed by atoms with Crippen LogP contribution in [0, 0.1) is 0 Å². The molecule has 27 heavy (non-hydrogen) atoms. The van der Waals surface area contributed by atoms with Gasteiger partial charge in [0.1, 0.15) is 11.5 Å². The number of ether oxygens (including phenoxy) is 1. The van der Waals surface area contributed by atoms with Gasteiger partial charge in [0, 0.05) is 5.02 Å². The van der Waals surface area contributed by atoms with Crippen molar-refractivity contribution in [2.75, 3.05) is 0 Å². The van der Waals surface area contributed by atoms with Gasteiger partial charge in [0.2, 0.25) is 0 Å². The van der Waals surface area contributed by atoms with Crippen LogP contribution in [0.4, 0.5) is 0 Å². The van der Waals surface area contributed by atoms with Crippen LogP contribution in [0.25, 0.3) is 0 Å². The molecule has 0 aliphatic heterocycles. The topological polar surface area (TPSA) is 110 Å². The van der Waals surface area contributed by atoms with E-state index in [1.165, 1.54) is 0 Å². The van der Waals surface area contributed by atoms with Gasteiger partial charge < -0.3 is 9.63 Å². The molecule has 0 aromatic heterocycles. The normalized spacial score (nSPS) is 13.4. The average Bonchev–Trinajstić information content (AvgIpc) is 2.55. The second-order valence-electron chi connectivity index (χ2n) is 5.42. The molecule has 0 amide bonds. The third kappa shape index (κ3) is 9.51. The van der Waals surface area contributed by atoms with Crippen molar-refractivity contribution in [1.82, 2.24) is 0 Å². The van der Waals surface area contributed by atoms with Crippen molar-refractivity contribution in [2.24, 2.45) is 0 Å². The van der Waals surface area contributed by atoms with Crippen molar-refractivity contribution in [2.45, 2.75) is 24.7 Å². The van der Waals surface area contributed by atoms with E-state index in [9.17, 15) is 13.0 Å². The number of halogens is 1. The van der Waals surface area contributed by atoms with Crippen LogP contribution < -0.4 is 4.74 Å². The molecule has 0 fully saturated rings. The van der Waals surface area contributed by atoms with Crippen LogP contribution in [0.2, 0.25) is 5.02 Å². The van der Waals surface area contributed by atoms with Crippen LogP contribution in [-0.4, -0.2) is 74.7 Å². The number of hydrogen-bond donors (Lipinski definition) is 2. The van der Waals surface area contributed by atoms with Gasteiger partial charge in [0.15, 0.2) is 5.44 Å². The predicted octanol–water partition coefficient (Wildman–Crippen LogP) is 3.42. The number of aryl methyl sites for hydroxylation is 1. The standard InChI is InChI=1S/C16H18ClO7PS.K.H/c17-13-7-9-14(10-8-13)23-15-5-1-3-12(11-15)4-2-6-16(24-25(18)19)26(20,21)22;;/h1,3,5,7-11,16,25H,2,4,6H2,(H,18,19)(H,20,21,22);;. The van der Waals surface area contributed by atoms with E-state index in [-0.39, 0.29) is 57.8 Å². The van der Waals surface area contributed by atoms with Crippen molar-refractivity contribution < 1.29 is 31.7 Å². The van der Waals surface area contributed by atoms with Crippen molar-refractivity contribution in [3.63, 3.8) is 0 Å². The zero-order chi connectivity index (χ0) is 19.2. The molecule has 2 N–H and O–H groups in total. The van der Waals surface area contributed by atoms with Gasteiger partial charge in [-0.15, -0.1) is 0 Å². The van der Waals surface area contributed by atoms with Crippen molar-refractivity contribution in [1.29, 1.82) is 0 Å². The molecule has 144 valence electrons. The van der Waals surface area contributed by atoms with Gasteiger partial charge in [-0.05, 0) is 61.2 Å². The maximum absolute atomic E-state index is 11.2. The molecular weight excluding hydrogens is 442 g/mol. The first-order valence-corrected chi connectivity index (χ1v) is 10.8. The summed E-state index contributed by atoms with van der Waals surface area (Å²) in [7, 11) is -8.03. The predicted molar refractivity (Wildman–Crippen MR) is 106 cm³/mol. The average molecular weight is 461 g/mol. The summed E-state index contributed by atoms with van der Waals surface area (Å²) >= 11 is 5.83. The van der Waals surface area contributed by atoms with Gasteiger partial charge in [-0.1, -0.05) is 23.7 Å². The van der Waals surface area contributed by atoms with Crippen molar-refractivity contribution in [3.05, 3.63) is 59.1 Å². The summed E-state index contributed by atoms with van der Waals surface area (Å²) < 4.78 is 52.2. The Hall–Kier alpha value is 0.226. The zero-order valence-corrected chi connectivity index (χ0v) is 16.1. The molecule has 2 aromatic rings. The van der Waals surface area contributed by atoms with Crippen LogP contribution in [0.5, 0.6) is 11.5 Å². The minimum atomic E-state index is -4.56. The van der Waals surface area contributed by atoms with E-state index in [0.717, 1.165) is 5.56 Å². The molecule has 11 heteroatoms. The minimum absolute atomic E-state index is 0. The van der Waals surface area contributed by atoms with E-state index in [4.69, 9.17) is 25.8 Å². The van der Waals surface area contributed by atoms with Crippen LogP contribution in [0.15, 0.2) is 48.5 Å². The second kappa shape index (κ2) is 12.0. The fourth-order valence-corrected chi connectivity index (χ4v) is 3.92. The van der Waals surface area contributed by atoms with Crippen LogP contribution in [-0.2, 0) is 25.6 Å². The summed E-state index contributed by atoms with van der Waals surface area (Å²) in [5, 5.41) is 0.604. The molecule has 0 saturated heterocycles. The molecule has 2 unspecified atom stereocenters. The maximum atomic E-state index is 11.2. The second-order valence-corrected chi connectivity index (χ2v) is 8.18. The molecular formula is C16H19ClKO7PS. The molecule has 0 saturated carbocycles. The molecule has 2 rings (SSSR count). The number of hydrogen-bond acceptors (Lipinski definition) is 5. The van der Waals surface area contributed by atoms with Gasteiger partial charge in [-0.3, -0.25) is 13.6 Å². The number of benzene rings is 2. The summed E-state index contributed by atoms with van der Waals surface area (Å²) in [6, 6.07) is 14.1.